The number of carboxylic acids is 1. The summed E-state index contributed by atoms with van der Waals surface area (Å²) in [5.74, 6) is -2.14. The summed E-state index contributed by atoms with van der Waals surface area (Å²) in [4.78, 5) is 21.9. The first kappa shape index (κ1) is 14.0. The molecule has 0 heterocycles. The lowest BCUT2D eigenvalue weighted by atomic mass is 10.2. The van der Waals surface area contributed by atoms with E-state index in [1.54, 1.807) is 12.1 Å². The van der Waals surface area contributed by atoms with E-state index in [9.17, 15) is 19.3 Å². The van der Waals surface area contributed by atoms with Crippen molar-refractivity contribution in [3.63, 3.8) is 0 Å². The number of hydrogen-bond acceptors (Lipinski definition) is 4. The van der Waals surface area contributed by atoms with E-state index in [4.69, 9.17) is 5.11 Å². The summed E-state index contributed by atoms with van der Waals surface area (Å²) in [7, 11) is 0. The molecule has 102 valence electrons. The van der Waals surface area contributed by atoms with Gasteiger partial charge in [0.05, 0.1) is 10.5 Å². The molecule has 2 aromatic carbocycles. The van der Waals surface area contributed by atoms with Crippen LogP contribution in [0.25, 0.3) is 0 Å². The molecule has 5 nitrogen and oxygen atoms in total. The highest BCUT2D eigenvalue weighted by Gasteiger charge is 2.11. The summed E-state index contributed by atoms with van der Waals surface area (Å²) in [5, 5.41) is 19.2. The fourth-order valence-electron chi connectivity index (χ4n) is 1.50. The number of carboxylic acid groups (broad SMARTS) is 1. The zero-order valence-electron chi connectivity index (χ0n) is 9.95. The Morgan fingerprint density at radius 3 is 2.25 bits per heavy atom. The number of halogens is 1. The predicted molar refractivity (Wildman–Crippen MR) is 70.6 cm³/mol. The molecule has 0 aliphatic carbocycles. The minimum Gasteiger partial charge on any atom is -0.478 e. The van der Waals surface area contributed by atoms with Gasteiger partial charge in [-0.1, -0.05) is 11.8 Å². The Bertz CT molecular complexity index is 673. The molecule has 0 amide bonds. The smallest absolute Gasteiger partial charge is 0.338 e. The Hall–Kier alpha value is -2.41. The highest BCUT2D eigenvalue weighted by atomic mass is 32.2. The first-order chi connectivity index (χ1) is 9.47. The van der Waals surface area contributed by atoms with Crippen LogP contribution in [-0.4, -0.2) is 16.0 Å². The summed E-state index contributed by atoms with van der Waals surface area (Å²) >= 11 is 1.19. The molecule has 0 radical (unpaired) electrons. The first-order valence-electron chi connectivity index (χ1n) is 5.42. The second-order valence-electron chi connectivity index (χ2n) is 3.80. The van der Waals surface area contributed by atoms with Crippen molar-refractivity contribution in [1.82, 2.24) is 0 Å². The molecule has 7 heteroatoms. The minimum absolute atomic E-state index is 0.0262. The van der Waals surface area contributed by atoms with Crippen molar-refractivity contribution >= 4 is 23.4 Å². The molecule has 0 saturated heterocycles. The van der Waals surface area contributed by atoms with Crippen LogP contribution in [0.3, 0.4) is 0 Å². The summed E-state index contributed by atoms with van der Waals surface area (Å²) < 4.78 is 13.5. The zero-order valence-corrected chi connectivity index (χ0v) is 10.8. The summed E-state index contributed by atoms with van der Waals surface area (Å²) in [6.07, 6.45) is 0. The molecule has 0 spiro atoms. The van der Waals surface area contributed by atoms with E-state index in [1.165, 1.54) is 36.0 Å². The van der Waals surface area contributed by atoms with Crippen molar-refractivity contribution < 1.29 is 19.2 Å². The van der Waals surface area contributed by atoms with Gasteiger partial charge in [0.2, 0.25) is 0 Å². The summed E-state index contributed by atoms with van der Waals surface area (Å²) in [6, 6.07) is 9.59. The Morgan fingerprint density at radius 2 is 1.75 bits per heavy atom. The number of non-ortho nitro benzene ring substituents is 1. The molecule has 0 aliphatic rings. The number of hydrogen-bond donors (Lipinski definition) is 1. The lowest BCUT2D eigenvalue weighted by molar-refractivity contribution is -0.384. The van der Waals surface area contributed by atoms with Gasteiger partial charge in [0, 0.05) is 21.9 Å². The second-order valence-corrected chi connectivity index (χ2v) is 4.95. The quantitative estimate of drug-likeness (QED) is 0.688. The lowest BCUT2D eigenvalue weighted by Gasteiger charge is -2.03. The normalized spacial score (nSPS) is 10.2. The fourth-order valence-corrected chi connectivity index (χ4v) is 2.35. The Labute approximate surface area is 117 Å². The molecular formula is C13H8FNO4S. The molecule has 0 aromatic heterocycles. The van der Waals surface area contributed by atoms with Crippen molar-refractivity contribution in [2.24, 2.45) is 0 Å². The highest BCUT2D eigenvalue weighted by Crippen LogP contribution is 2.30. The number of nitro groups is 1. The van der Waals surface area contributed by atoms with E-state index >= 15 is 0 Å². The van der Waals surface area contributed by atoms with Crippen molar-refractivity contribution in [2.75, 3.05) is 0 Å². The van der Waals surface area contributed by atoms with Crippen LogP contribution in [0.4, 0.5) is 10.1 Å². The number of nitro benzene ring substituents is 1. The minimum atomic E-state index is -1.32. The molecule has 0 aliphatic heterocycles. The molecule has 1 N–H and O–H groups in total. The van der Waals surface area contributed by atoms with E-state index in [0.29, 0.717) is 9.79 Å². The van der Waals surface area contributed by atoms with Crippen LogP contribution in [-0.2, 0) is 0 Å². The molecule has 2 rings (SSSR count). The zero-order chi connectivity index (χ0) is 14.7. The standard InChI is InChI=1S/C13H8FNO4S/c14-12-7-10(5-6-11(12)13(16)17)20-9-3-1-8(2-4-9)15(18)19/h1-7H,(H,16,17). The Kier molecular flexibility index (Phi) is 3.99. The third-order valence-electron chi connectivity index (χ3n) is 2.45. The van der Waals surface area contributed by atoms with Crippen LogP contribution in [0.15, 0.2) is 52.3 Å². The fraction of sp³-hybridized carbons (Fsp3) is 0. The number of carbonyl (C=O) groups is 1. The van der Waals surface area contributed by atoms with Crippen molar-refractivity contribution in [3.05, 3.63) is 64.0 Å². The second kappa shape index (κ2) is 5.70. The van der Waals surface area contributed by atoms with Crippen LogP contribution in [0.5, 0.6) is 0 Å². The number of benzene rings is 2. The molecule has 0 fully saturated rings. The van der Waals surface area contributed by atoms with Crippen LogP contribution >= 0.6 is 11.8 Å². The maximum atomic E-state index is 13.5. The van der Waals surface area contributed by atoms with Gasteiger partial charge in [0.25, 0.3) is 5.69 Å². The largest absolute Gasteiger partial charge is 0.478 e. The molecule has 0 atom stereocenters. The average molecular weight is 293 g/mol. The van der Waals surface area contributed by atoms with Gasteiger partial charge in [-0.05, 0) is 30.3 Å². The summed E-state index contributed by atoms with van der Waals surface area (Å²) in [5.41, 5.74) is -0.417. The van der Waals surface area contributed by atoms with Crippen LogP contribution in [0.1, 0.15) is 10.4 Å². The van der Waals surface area contributed by atoms with Crippen LogP contribution in [0, 0.1) is 15.9 Å². The first-order valence-corrected chi connectivity index (χ1v) is 6.24. The predicted octanol–water partition coefficient (Wildman–Crippen LogP) is 3.58. The number of nitrogens with zero attached hydrogens (tertiary/aromatic N) is 1. The van der Waals surface area contributed by atoms with Crippen molar-refractivity contribution in [1.29, 1.82) is 0 Å². The van der Waals surface area contributed by atoms with Gasteiger partial charge in [-0.25, -0.2) is 9.18 Å². The van der Waals surface area contributed by atoms with Crippen molar-refractivity contribution in [2.45, 2.75) is 9.79 Å². The van der Waals surface area contributed by atoms with Gasteiger partial charge in [-0.3, -0.25) is 10.1 Å². The van der Waals surface area contributed by atoms with Gasteiger partial charge >= 0.3 is 5.97 Å². The molecular weight excluding hydrogens is 285 g/mol. The van der Waals surface area contributed by atoms with Crippen molar-refractivity contribution in [3.8, 4) is 0 Å². The SMILES string of the molecule is O=C(O)c1ccc(Sc2ccc([N+](=O)[O-])cc2)cc1F. The van der Waals surface area contributed by atoms with Crippen LogP contribution in [0.2, 0.25) is 0 Å². The van der Waals surface area contributed by atoms with E-state index < -0.39 is 22.3 Å². The van der Waals surface area contributed by atoms with Gasteiger partial charge in [-0.15, -0.1) is 0 Å². The Morgan fingerprint density at radius 1 is 1.15 bits per heavy atom. The maximum absolute atomic E-state index is 13.5. The van der Waals surface area contributed by atoms with Gasteiger partial charge in [0.1, 0.15) is 5.82 Å². The third kappa shape index (κ3) is 3.12. The van der Waals surface area contributed by atoms with Crippen LogP contribution < -0.4 is 0 Å². The Balaban J connectivity index is 2.19. The lowest BCUT2D eigenvalue weighted by Crippen LogP contribution is -1.99. The van der Waals surface area contributed by atoms with Gasteiger partial charge in [-0.2, -0.15) is 0 Å². The topological polar surface area (TPSA) is 80.4 Å². The average Bonchev–Trinajstić information content (AvgIpc) is 2.39. The van der Waals surface area contributed by atoms with Gasteiger partial charge in [0.15, 0.2) is 0 Å². The molecule has 20 heavy (non-hydrogen) atoms. The van der Waals surface area contributed by atoms with E-state index in [-0.39, 0.29) is 5.69 Å². The monoisotopic (exact) mass is 293 g/mol. The molecule has 0 saturated carbocycles. The molecule has 0 bridgehead atoms. The maximum Gasteiger partial charge on any atom is 0.338 e. The van der Waals surface area contributed by atoms with E-state index in [1.807, 2.05) is 0 Å². The third-order valence-corrected chi connectivity index (χ3v) is 3.45. The molecule has 0 unspecified atom stereocenters. The number of rotatable bonds is 4. The highest BCUT2D eigenvalue weighted by molar-refractivity contribution is 7.99. The van der Waals surface area contributed by atoms with Gasteiger partial charge < -0.3 is 5.11 Å². The van der Waals surface area contributed by atoms with E-state index in [2.05, 4.69) is 0 Å². The summed E-state index contributed by atoms with van der Waals surface area (Å²) in [6.45, 7) is 0. The van der Waals surface area contributed by atoms with E-state index in [0.717, 1.165) is 6.07 Å². The number of aromatic carboxylic acids is 1. The molecule has 2 aromatic rings.